The first kappa shape index (κ1) is 24.8. The highest BCUT2D eigenvalue weighted by molar-refractivity contribution is 8.03. The number of benzene rings is 2. The fourth-order valence-corrected chi connectivity index (χ4v) is 4.18. The minimum absolute atomic E-state index is 0.148. The Kier molecular flexibility index (Phi) is 8.87. The maximum Gasteiger partial charge on any atom is 0.255 e. The smallest absolute Gasteiger partial charge is 0.255 e. The Balaban J connectivity index is 1.46. The van der Waals surface area contributed by atoms with Gasteiger partial charge in [-0.05, 0) is 59.4 Å². The van der Waals surface area contributed by atoms with Crippen molar-refractivity contribution in [1.82, 2.24) is 10.6 Å². The number of methoxy groups -OCH3 is 1. The zero-order valence-electron chi connectivity index (χ0n) is 17.9. The van der Waals surface area contributed by atoms with E-state index in [0.29, 0.717) is 12.1 Å². The predicted octanol–water partition coefficient (Wildman–Crippen LogP) is 4.70. The number of rotatable bonds is 11. The lowest BCUT2D eigenvalue weighted by atomic mass is 10.1. The van der Waals surface area contributed by atoms with Gasteiger partial charge in [0.05, 0.1) is 25.9 Å². The van der Waals surface area contributed by atoms with Gasteiger partial charge < -0.3 is 20.3 Å². The standard InChI is InChI=1S/C23H25F4N3O2S/c1-32-18-9-5-16(6-10-18)19-14-33-23(28-19)29-22(31)11-4-15-2-7-17(8-3-15)30(12-20(24)25)13-21(26)27/h2-3,5-10,14,20-21,23,28H,4,11-13H2,1H3,(H,29,31). The summed E-state index contributed by atoms with van der Waals surface area (Å²) >= 11 is 1.46. The molecule has 1 amide bonds. The second-order valence-corrected chi connectivity index (χ2v) is 8.32. The molecule has 3 rings (SSSR count). The Morgan fingerprint density at radius 2 is 1.70 bits per heavy atom. The van der Waals surface area contributed by atoms with E-state index in [0.717, 1.165) is 27.5 Å². The molecule has 0 saturated heterocycles. The number of thioether (sulfide) groups is 1. The van der Waals surface area contributed by atoms with Crippen LogP contribution in [-0.4, -0.2) is 44.5 Å². The highest BCUT2D eigenvalue weighted by Gasteiger charge is 2.20. The van der Waals surface area contributed by atoms with Gasteiger partial charge in [0, 0.05) is 12.1 Å². The topological polar surface area (TPSA) is 53.6 Å². The minimum atomic E-state index is -2.71. The van der Waals surface area contributed by atoms with Gasteiger partial charge >= 0.3 is 0 Å². The van der Waals surface area contributed by atoms with E-state index in [1.807, 2.05) is 29.7 Å². The molecular weight excluding hydrogens is 458 g/mol. The number of halogens is 4. The van der Waals surface area contributed by atoms with Crippen LogP contribution in [0.1, 0.15) is 17.5 Å². The van der Waals surface area contributed by atoms with E-state index >= 15 is 0 Å². The van der Waals surface area contributed by atoms with E-state index in [-0.39, 0.29) is 17.8 Å². The van der Waals surface area contributed by atoms with Crippen LogP contribution in [0.5, 0.6) is 5.75 Å². The molecule has 0 aromatic heterocycles. The Morgan fingerprint density at radius 3 is 2.27 bits per heavy atom. The number of hydrogen-bond donors (Lipinski definition) is 2. The second kappa shape index (κ2) is 11.8. The number of carbonyl (C=O) groups is 1. The third-order valence-corrected chi connectivity index (χ3v) is 5.84. The van der Waals surface area contributed by atoms with Crippen molar-refractivity contribution in [2.24, 2.45) is 0 Å². The number of ether oxygens (including phenoxy) is 1. The van der Waals surface area contributed by atoms with Crippen molar-refractivity contribution in [3.8, 4) is 5.75 Å². The van der Waals surface area contributed by atoms with Gasteiger partial charge in [-0.1, -0.05) is 23.9 Å². The van der Waals surface area contributed by atoms with Crippen molar-refractivity contribution in [2.75, 3.05) is 25.1 Å². The average molecular weight is 484 g/mol. The lowest BCUT2D eigenvalue weighted by Gasteiger charge is -2.24. The Morgan fingerprint density at radius 1 is 1.06 bits per heavy atom. The molecule has 1 unspecified atom stereocenters. The first-order valence-electron chi connectivity index (χ1n) is 10.3. The molecule has 0 bridgehead atoms. The van der Waals surface area contributed by atoms with Gasteiger partial charge in [0.1, 0.15) is 5.75 Å². The molecule has 1 aliphatic rings. The summed E-state index contributed by atoms with van der Waals surface area (Å²) in [6, 6.07) is 14.0. The fourth-order valence-electron chi connectivity index (χ4n) is 3.31. The molecule has 0 saturated carbocycles. The lowest BCUT2D eigenvalue weighted by Crippen LogP contribution is -2.39. The van der Waals surface area contributed by atoms with Crippen molar-refractivity contribution in [2.45, 2.75) is 31.2 Å². The number of amides is 1. The van der Waals surface area contributed by atoms with E-state index in [2.05, 4.69) is 10.6 Å². The van der Waals surface area contributed by atoms with E-state index < -0.39 is 25.9 Å². The molecule has 1 atom stereocenters. The first-order valence-corrected chi connectivity index (χ1v) is 11.2. The molecular formula is C23H25F4N3O2S. The summed E-state index contributed by atoms with van der Waals surface area (Å²) in [5, 5.41) is 8.09. The van der Waals surface area contributed by atoms with Crippen LogP contribution in [0.25, 0.3) is 5.70 Å². The van der Waals surface area contributed by atoms with Gasteiger partial charge in [0.2, 0.25) is 5.91 Å². The van der Waals surface area contributed by atoms with Gasteiger partial charge in [-0.25, -0.2) is 17.6 Å². The summed E-state index contributed by atoms with van der Waals surface area (Å²) < 4.78 is 55.9. The number of carbonyl (C=O) groups excluding carboxylic acids is 1. The minimum Gasteiger partial charge on any atom is -0.497 e. The van der Waals surface area contributed by atoms with Crippen molar-refractivity contribution < 1.29 is 27.1 Å². The largest absolute Gasteiger partial charge is 0.497 e. The van der Waals surface area contributed by atoms with Crippen LogP contribution < -0.4 is 20.3 Å². The third-order valence-electron chi connectivity index (χ3n) is 4.96. The zero-order chi connectivity index (χ0) is 23.8. The third kappa shape index (κ3) is 7.59. The number of alkyl halides is 4. The van der Waals surface area contributed by atoms with Crippen molar-refractivity contribution in [3.63, 3.8) is 0 Å². The van der Waals surface area contributed by atoms with Gasteiger partial charge in [-0.15, -0.1) is 0 Å². The van der Waals surface area contributed by atoms with Crippen molar-refractivity contribution in [3.05, 3.63) is 65.1 Å². The number of nitrogens with zero attached hydrogens (tertiary/aromatic N) is 1. The van der Waals surface area contributed by atoms with E-state index in [9.17, 15) is 22.4 Å². The number of hydrogen-bond acceptors (Lipinski definition) is 5. The zero-order valence-corrected chi connectivity index (χ0v) is 18.8. The number of aryl methyl sites for hydroxylation is 1. The molecule has 178 valence electrons. The van der Waals surface area contributed by atoms with Crippen LogP contribution in [0.15, 0.2) is 53.9 Å². The van der Waals surface area contributed by atoms with E-state index in [4.69, 9.17) is 4.74 Å². The fraction of sp³-hybridized carbons (Fsp3) is 0.348. The molecule has 10 heteroatoms. The van der Waals surface area contributed by atoms with Crippen LogP contribution in [0.2, 0.25) is 0 Å². The predicted molar refractivity (Wildman–Crippen MR) is 123 cm³/mol. The lowest BCUT2D eigenvalue weighted by molar-refractivity contribution is -0.121. The number of anilines is 1. The molecule has 0 radical (unpaired) electrons. The maximum absolute atomic E-state index is 12.7. The molecule has 2 aromatic rings. The van der Waals surface area contributed by atoms with Gasteiger partial charge in [-0.3, -0.25) is 4.79 Å². The molecule has 5 nitrogen and oxygen atoms in total. The van der Waals surface area contributed by atoms with Crippen LogP contribution in [0.3, 0.4) is 0 Å². The highest BCUT2D eigenvalue weighted by Crippen LogP contribution is 2.27. The summed E-state index contributed by atoms with van der Waals surface area (Å²) in [4.78, 5) is 13.3. The summed E-state index contributed by atoms with van der Waals surface area (Å²) in [7, 11) is 1.60. The van der Waals surface area contributed by atoms with Crippen LogP contribution >= 0.6 is 11.8 Å². The SMILES string of the molecule is COc1ccc(C2=CSC(NC(=O)CCc3ccc(N(CC(F)F)CC(F)F)cc3)N2)cc1. The van der Waals surface area contributed by atoms with Gasteiger partial charge in [-0.2, -0.15) is 0 Å². The summed E-state index contributed by atoms with van der Waals surface area (Å²) in [6.07, 6.45) is -4.76. The summed E-state index contributed by atoms with van der Waals surface area (Å²) in [5.41, 5.74) is 2.71. The quantitative estimate of drug-likeness (QED) is 0.454. The molecule has 2 N–H and O–H groups in total. The highest BCUT2D eigenvalue weighted by atomic mass is 32.2. The molecule has 1 heterocycles. The molecule has 1 aliphatic heterocycles. The van der Waals surface area contributed by atoms with Crippen LogP contribution in [0.4, 0.5) is 23.2 Å². The summed E-state index contributed by atoms with van der Waals surface area (Å²) in [6.45, 7) is -1.52. The Labute approximate surface area is 194 Å². The Bertz CT molecular complexity index is 930. The van der Waals surface area contributed by atoms with Crippen molar-refractivity contribution >= 4 is 29.1 Å². The molecule has 0 spiro atoms. The average Bonchev–Trinajstić information content (AvgIpc) is 3.25. The van der Waals surface area contributed by atoms with Crippen LogP contribution in [0, 0.1) is 0 Å². The molecule has 33 heavy (non-hydrogen) atoms. The summed E-state index contributed by atoms with van der Waals surface area (Å²) in [5.74, 6) is 0.615. The Hall–Kier alpha value is -2.88. The number of nitrogens with one attached hydrogen (secondary N) is 2. The van der Waals surface area contributed by atoms with E-state index in [1.54, 1.807) is 19.2 Å². The van der Waals surface area contributed by atoms with Gasteiger partial charge in [0.25, 0.3) is 12.9 Å². The molecule has 0 aliphatic carbocycles. The van der Waals surface area contributed by atoms with Crippen LogP contribution in [-0.2, 0) is 11.2 Å². The molecule has 0 fully saturated rings. The monoisotopic (exact) mass is 483 g/mol. The second-order valence-electron chi connectivity index (χ2n) is 7.34. The van der Waals surface area contributed by atoms with Gasteiger partial charge in [0.15, 0.2) is 5.50 Å². The first-order chi connectivity index (χ1) is 15.8. The van der Waals surface area contributed by atoms with E-state index in [1.165, 1.54) is 23.9 Å². The maximum atomic E-state index is 12.7. The van der Waals surface area contributed by atoms with Crippen molar-refractivity contribution in [1.29, 1.82) is 0 Å². The normalized spacial score (nSPS) is 15.4. The molecule has 2 aromatic carbocycles.